The molecule has 3 saturated heterocycles. The van der Waals surface area contributed by atoms with Crippen molar-refractivity contribution in [1.82, 2.24) is 5.32 Å². The summed E-state index contributed by atoms with van der Waals surface area (Å²) in [7, 11) is 0. The topological polar surface area (TPSA) is 37.0 Å². The van der Waals surface area contributed by atoms with E-state index >= 15 is 0 Å². The predicted molar refractivity (Wildman–Crippen MR) is 263 cm³/mol. The lowest BCUT2D eigenvalue weighted by Gasteiger charge is -2.50. The first kappa shape index (κ1) is 49.6. The number of aryl methyl sites for hydroxylation is 2. The molecule has 0 radical (unpaired) electrons. The molecule has 4 aromatic rings. The Balaban J connectivity index is 0.000000182. The highest BCUT2D eigenvalue weighted by Crippen LogP contribution is 2.35. The number of piperidine rings is 2. The third kappa shape index (κ3) is 13.6. The molecule has 0 saturated carbocycles. The van der Waals surface area contributed by atoms with Crippen LogP contribution in [0.1, 0.15) is 84.7 Å². The van der Waals surface area contributed by atoms with Crippen LogP contribution in [0, 0.1) is 13.8 Å². The third-order valence-electron chi connectivity index (χ3n) is 14.6. The maximum absolute atomic E-state index is 5.75. The number of alkyl halides is 2. The van der Waals surface area contributed by atoms with Gasteiger partial charge in [0, 0.05) is 60.8 Å². The monoisotopic (exact) mass is 916 g/mol. The van der Waals surface area contributed by atoms with Crippen LogP contribution in [0.3, 0.4) is 0 Å². The van der Waals surface area contributed by atoms with E-state index in [2.05, 4.69) is 126 Å². The zero-order valence-electron chi connectivity index (χ0n) is 38.3. The zero-order valence-corrected chi connectivity index (χ0v) is 40.6. The van der Waals surface area contributed by atoms with Gasteiger partial charge in [0.2, 0.25) is 0 Å². The minimum Gasteiger partial charge on any atom is -1.00 e. The number of para-hydroxylation sites is 2. The average molecular weight is 919 g/mol. The summed E-state index contributed by atoms with van der Waals surface area (Å²) in [5.74, 6) is 1.10. The highest BCUT2D eigenvalue weighted by Gasteiger charge is 2.41. The van der Waals surface area contributed by atoms with Crippen LogP contribution in [0.15, 0.2) is 97.1 Å². The Morgan fingerprint density at radius 3 is 1.56 bits per heavy atom. The normalized spacial score (nSPS) is 20.3. The number of anilines is 2. The quantitative estimate of drug-likeness (QED) is 0.0797. The number of fused-ring (bicyclic) bond motifs is 2. The van der Waals surface area contributed by atoms with Crippen LogP contribution in [0.2, 0.25) is 0 Å². The van der Waals surface area contributed by atoms with Gasteiger partial charge in [-0.2, -0.15) is 0 Å². The Kier molecular flexibility index (Phi) is 20.3. The Morgan fingerprint density at radius 1 is 0.603 bits per heavy atom. The van der Waals surface area contributed by atoms with Gasteiger partial charge >= 0.3 is 0 Å². The number of quaternary nitrogens is 1. The fraction of sp³-hybridized carbons (Fsp3) is 0.556. The molecule has 2 atom stereocenters. The first-order valence-electron chi connectivity index (χ1n) is 24.1. The van der Waals surface area contributed by atoms with E-state index in [1.165, 1.54) is 137 Å². The van der Waals surface area contributed by atoms with E-state index < -0.39 is 0 Å². The predicted octanol–water partition coefficient (Wildman–Crippen LogP) is 7.74. The molecule has 2 aliphatic carbocycles. The van der Waals surface area contributed by atoms with E-state index in [1.54, 1.807) is 22.3 Å². The molecule has 344 valence electrons. The van der Waals surface area contributed by atoms with Gasteiger partial charge in [-0.15, -0.1) is 23.2 Å². The van der Waals surface area contributed by atoms with Crippen LogP contribution in [0.25, 0.3) is 0 Å². The van der Waals surface area contributed by atoms with Gasteiger partial charge in [0.25, 0.3) is 0 Å². The van der Waals surface area contributed by atoms with E-state index in [4.69, 9.17) is 32.7 Å². The zero-order chi connectivity index (χ0) is 43.0. The van der Waals surface area contributed by atoms with Gasteiger partial charge in [-0.1, -0.05) is 91.3 Å². The van der Waals surface area contributed by atoms with Crippen LogP contribution < -0.4 is 27.5 Å². The first-order valence-corrected chi connectivity index (χ1v) is 25.2. The van der Waals surface area contributed by atoms with Crippen molar-refractivity contribution in [2.75, 3.05) is 87.3 Å². The molecule has 0 aromatic heterocycles. The number of halogens is 3. The van der Waals surface area contributed by atoms with Crippen molar-refractivity contribution in [2.45, 2.75) is 115 Å². The molecule has 3 heterocycles. The SMILES string of the molecule is Cc1ccccc1N(CCC1CCCCN1)C1Cc2ccccc2C1.Cc1ccccc1N(CCC1CCCC[N+]12CCOCC2)C1Cc2ccccc2C1.ClCCOCCCl.[Cl-]. The minimum atomic E-state index is 0. The second kappa shape index (κ2) is 25.8. The second-order valence-corrected chi connectivity index (χ2v) is 19.2. The summed E-state index contributed by atoms with van der Waals surface area (Å²) >= 11 is 10.5. The highest BCUT2D eigenvalue weighted by molar-refractivity contribution is 6.18. The van der Waals surface area contributed by atoms with E-state index in [9.17, 15) is 0 Å². The van der Waals surface area contributed by atoms with E-state index in [1.807, 2.05) is 0 Å². The molecule has 4 aromatic carbocycles. The van der Waals surface area contributed by atoms with Gasteiger partial charge in [-0.3, -0.25) is 0 Å². The molecule has 0 bridgehead atoms. The summed E-state index contributed by atoms with van der Waals surface area (Å²) in [6, 6.07) is 38.7. The van der Waals surface area contributed by atoms with Crippen LogP contribution >= 0.6 is 23.2 Å². The number of rotatable bonds is 14. The van der Waals surface area contributed by atoms with Crippen LogP contribution in [-0.4, -0.2) is 106 Å². The molecule has 6 nitrogen and oxygen atoms in total. The van der Waals surface area contributed by atoms with Crippen LogP contribution in [-0.2, 0) is 35.2 Å². The van der Waals surface area contributed by atoms with Gasteiger partial charge in [-0.25, -0.2) is 0 Å². The molecule has 1 N–H and O–H groups in total. The summed E-state index contributed by atoms with van der Waals surface area (Å²) < 4.78 is 11.9. The lowest BCUT2D eigenvalue weighted by atomic mass is 9.94. The Hall–Kier alpha value is -2.81. The molecule has 0 amide bonds. The van der Waals surface area contributed by atoms with E-state index in [0.29, 0.717) is 43.1 Å². The lowest BCUT2D eigenvalue weighted by molar-refractivity contribution is -0.962. The maximum Gasteiger partial charge on any atom is 0.103 e. The number of benzene rings is 4. The minimum absolute atomic E-state index is 0. The van der Waals surface area contributed by atoms with Crippen LogP contribution in [0.4, 0.5) is 11.4 Å². The van der Waals surface area contributed by atoms with Crippen molar-refractivity contribution < 1.29 is 26.4 Å². The van der Waals surface area contributed by atoms with E-state index in [0.717, 1.165) is 25.8 Å². The van der Waals surface area contributed by atoms with Crippen molar-refractivity contribution in [2.24, 2.45) is 0 Å². The first-order chi connectivity index (χ1) is 30.5. The smallest absolute Gasteiger partial charge is 0.103 e. The van der Waals surface area contributed by atoms with Gasteiger partial charge in [0.1, 0.15) is 13.1 Å². The molecular formula is C54H75Cl3N4O2. The molecule has 3 fully saturated rings. The number of morpholine rings is 1. The Labute approximate surface area is 397 Å². The van der Waals surface area contributed by atoms with Gasteiger partial charge in [-0.05, 0) is 130 Å². The highest BCUT2D eigenvalue weighted by atomic mass is 35.5. The molecular weight excluding hydrogens is 843 g/mol. The fourth-order valence-electron chi connectivity index (χ4n) is 11.2. The standard InChI is InChI=1S/C27H37N2O.C23H30N2.C4H8Cl2O.ClH/c1-22-8-2-5-12-27(22)28(25-20-23-9-3-4-10-24(23)21-25)14-13-26-11-6-7-15-29(26)16-18-30-19-17-29;1-18-8-2-5-12-23(18)25(15-13-21-11-6-7-14-24-21)22-16-19-9-3-4-10-20(19)17-22;5-1-3-7-4-2-6;/h2-5,8-10,12,25-26H,6-7,11,13-21H2,1H3;2-5,8-10,12,21-22,24H,6-7,11,13-17H2,1H3;1-4H2;1H/q+1;;;/p-1. The molecule has 2 unspecified atom stereocenters. The number of hydrogen-bond acceptors (Lipinski definition) is 5. The van der Waals surface area contributed by atoms with Gasteiger partial charge < -0.3 is 41.5 Å². The molecule has 1 spiro atoms. The summed E-state index contributed by atoms with van der Waals surface area (Å²) in [6.07, 6.45) is 15.6. The average Bonchev–Trinajstić information content (AvgIpc) is 3.95. The largest absolute Gasteiger partial charge is 1.00 e. The van der Waals surface area contributed by atoms with Crippen molar-refractivity contribution in [1.29, 1.82) is 0 Å². The lowest BCUT2D eigenvalue weighted by Crippen LogP contribution is -3.00. The van der Waals surface area contributed by atoms with Crippen LogP contribution in [0.5, 0.6) is 0 Å². The van der Waals surface area contributed by atoms with Crippen molar-refractivity contribution >= 4 is 34.6 Å². The van der Waals surface area contributed by atoms with Gasteiger partial charge in [0.15, 0.2) is 0 Å². The van der Waals surface area contributed by atoms with Crippen molar-refractivity contribution in [3.63, 3.8) is 0 Å². The molecule has 63 heavy (non-hydrogen) atoms. The second-order valence-electron chi connectivity index (χ2n) is 18.5. The molecule has 9 rings (SSSR count). The Morgan fingerprint density at radius 2 is 1.08 bits per heavy atom. The molecule has 5 aliphatic rings. The van der Waals surface area contributed by atoms with Crippen molar-refractivity contribution in [3.8, 4) is 0 Å². The summed E-state index contributed by atoms with van der Waals surface area (Å²) in [6.45, 7) is 15.0. The third-order valence-corrected chi connectivity index (χ3v) is 14.9. The maximum atomic E-state index is 5.75. The Bertz CT molecular complexity index is 1870. The van der Waals surface area contributed by atoms with Gasteiger partial charge in [0.05, 0.1) is 39.0 Å². The summed E-state index contributed by atoms with van der Waals surface area (Å²) in [5, 5.41) is 3.72. The number of hydrogen-bond donors (Lipinski definition) is 1. The molecule has 3 aliphatic heterocycles. The number of nitrogens with one attached hydrogen (secondary N) is 1. The summed E-state index contributed by atoms with van der Waals surface area (Å²) in [4.78, 5) is 5.46. The van der Waals surface area contributed by atoms with E-state index in [-0.39, 0.29) is 12.4 Å². The van der Waals surface area contributed by atoms with Crippen molar-refractivity contribution in [3.05, 3.63) is 130 Å². The molecule has 9 heteroatoms. The number of nitrogens with zero attached hydrogens (tertiary/aromatic N) is 3. The summed E-state index contributed by atoms with van der Waals surface area (Å²) in [5.41, 5.74) is 11.9. The fourth-order valence-corrected chi connectivity index (χ4v) is 11.4. The number of ether oxygens (including phenoxy) is 2.